The van der Waals surface area contributed by atoms with Crippen molar-refractivity contribution in [3.8, 4) is 5.82 Å². The first kappa shape index (κ1) is 7.98. The van der Waals surface area contributed by atoms with Crippen molar-refractivity contribution >= 4 is 0 Å². The SMILES string of the molecule is CCc1cccc(-n2ccnc2)n1. The number of aromatic nitrogens is 3. The fourth-order valence-corrected chi connectivity index (χ4v) is 1.20. The molecule has 0 spiro atoms. The first-order valence-corrected chi connectivity index (χ1v) is 4.34. The van der Waals surface area contributed by atoms with Gasteiger partial charge in [-0.2, -0.15) is 0 Å². The molecule has 2 aromatic rings. The lowest BCUT2D eigenvalue weighted by Gasteiger charge is -2.02. The molecule has 0 bridgehead atoms. The molecule has 2 aromatic heterocycles. The number of hydrogen-bond donors (Lipinski definition) is 0. The van der Waals surface area contributed by atoms with Crippen molar-refractivity contribution in [2.45, 2.75) is 13.3 Å². The van der Waals surface area contributed by atoms with Gasteiger partial charge in [-0.3, -0.25) is 4.57 Å². The average molecular weight is 173 g/mol. The molecule has 0 unspecified atom stereocenters. The molecule has 66 valence electrons. The van der Waals surface area contributed by atoms with E-state index < -0.39 is 0 Å². The van der Waals surface area contributed by atoms with Crippen LogP contribution in [0.1, 0.15) is 12.6 Å². The van der Waals surface area contributed by atoms with E-state index in [2.05, 4.69) is 16.9 Å². The summed E-state index contributed by atoms with van der Waals surface area (Å²) < 4.78 is 1.90. The first-order chi connectivity index (χ1) is 6.40. The lowest BCUT2D eigenvalue weighted by molar-refractivity contribution is 0.942. The van der Waals surface area contributed by atoms with E-state index in [1.807, 2.05) is 29.0 Å². The van der Waals surface area contributed by atoms with E-state index in [1.165, 1.54) is 0 Å². The fraction of sp³-hybridized carbons (Fsp3) is 0.200. The molecule has 0 aromatic carbocycles. The van der Waals surface area contributed by atoms with Crippen molar-refractivity contribution in [3.05, 3.63) is 42.6 Å². The van der Waals surface area contributed by atoms with Gasteiger partial charge in [0.2, 0.25) is 0 Å². The van der Waals surface area contributed by atoms with Crippen molar-refractivity contribution in [2.24, 2.45) is 0 Å². The van der Waals surface area contributed by atoms with Gasteiger partial charge in [-0.25, -0.2) is 9.97 Å². The molecule has 13 heavy (non-hydrogen) atoms. The second-order valence-electron chi connectivity index (χ2n) is 2.81. The van der Waals surface area contributed by atoms with Gasteiger partial charge in [0.25, 0.3) is 0 Å². The monoisotopic (exact) mass is 173 g/mol. The van der Waals surface area contributed by atoms with Crippen LogP contribution in [-0.4, -0.2) is 14.5 Å². The Kier molecular flexibility index (Phi) is 2.08. The molecule has 2 heterocycles. The van der Waals surface area contributed by atoms with E-state index in [0.717, 1.165) is 17.9 Å². The second-order valence-corrected chi connectivity index (χ2v) is 2.81. The standard InChI is InChI=1S/C10H11N3/c1-2-9-4-3-5-10(12-9)13-7-6-11-8-13/h3-8H,2H2,1H3. The largest absolute Gasteiger partial charge is 0.291 e. The summed E-state index contributed by atoms with van der Waals surface area (Å²) in [4.78, 5) is 8.43. The summed E-state index contributed by atoms with van der Waals surface area (Å²) in [5, 5.41) is 0. The quantitative estimate of drug-likeness (QED) is 0.693. The van der Waals surface area contributed by atoms with Gasteiger partial charge in [-0.1, -0.05) is 13.0 Å². The molecule has 2 rings (SSSR count). The van der Waals surface area contributed by atoms with Gasteiger partial charge in [0.15, 0.2) is 0 Å². The van der Waals surface area contributed by atoms with Crippen LogP contribution in [-0.2, 0) is 6.42 Å². The molecule has 0 aliphatic carbocycles. The highest BCUT2D eigenvalue weighted by Crippen LogP contribution is 2.04. The number of aryl methyl sites for hydroxylation is 1. The Bertz CT molecular complexity index is 379. The molecule has 0 aliphatic rings. The summed E-state index contributed by atoms with van der Waals surface area (Å²) >= 11 is 0. The van der Waals surface area contributed by atoms with Gasteiger partial charge in [0.1, 0.15) is 12.1 Å². The van der Waals surface area contributed by atoms with Crippen LogP contribution in [0.25, 0.3) is 5.82 Å². The maximum atomic E-state index is 4.46. The summed E-state index contributed by atoms with van der Waals surface area (Å²) in [5.41, 5.74) is 1.10. The van der Waals surface area contributed by atoms with Gasteiger partial charge in [0, 0.05) is 18.1 Å². The number of hydrogen-bond acceptors (Lipinski definition) is 2. The highest BCUT2D eigenvalue weighted by molar-refractivity contribution is 5.24. The second kappa shape index (κ2) is 3.39. The zero-order chi connectivity index (χ0) is 9.10. The topological polar surface area (TPSA) is 30.7 Å². The molecule has 0 amide bonds. The lowest BCUT2D eigenvalue weighted by atomic mass is 10.3. The predicted octanol–water partition coefficient (Wildman–Crippen LogP) is 1.83. The first-order valence-electron chi connectivity index (χ1n) is 4.34. The van der Waals surface area contributed by atoms with E-state index in [0.29, 0.717) is 0 Å². The summed E-state index contributed by atoms with van der Waals surface area (Å²) in [6.07, 6.45) is 6.35. The number of rotatable bonds is 2. The van der Waals surface area contributed by atoms with Crippen LogP contribution in [0.15, 0.2) is 36.9 Å². The molecule has 0 aliphatic heterocycles. The van der Waals surface area contributed by atoms with Gasteiger partial charge < -0.3 is 0 Å². The molecular formula is C10H11N3. The van der Waals surface area contributed by atoms with Gasteiger partial charge in [-0.15, -0.1) is 0 Å². The van der Waals surface area contributed by atoms with Crippen molar-refractivity contribution < 1.29 is 0 Å². The van der Waals surface area contributed by atoms with Crippen molar-refractivity contribution in [1.82, 2.24) is 14.5 Å². The molecule has 0 saturated carbocycles. The highest BCUT2D eigenvalue weighted by Gasteiger charge is 1.96. The zero-order valence-electron chi connectivity index (χ0n) is 7.51. The Morgan fingerprint density at radius 3 is 3.00 bits per heavy atom. The average Bonchev–Trinajstić information content (AvgIpc) is 2.71. The van der Waals surface area contributed by atoms with Crippen LogP contribution in [0.4, 0.5) is 0 Å². The molecule has 3 nitrogen and oxygen atoms in total. The van der Waals surface area contributed by atoms with Crippen molar-refractivity contribution in [3.63, 3.8) is 0 Å². The Morgan fingerprint density at radius 1 is 1.38 bits per heavy atom. The predicted molar refractivity (Wildman–Crippen MR) is 50.7 cm³/mol. The third-order valence-corrected chi connectivity index (χ3v) is 1.92. The number of pyridine rings is 1. The molecule has 0 atom stereocenters. The Hall–Kier alpha value is -1.64. The minimum absolute atomic E-state index is 0.928. The lowest BCUT2D eigenvalue weighted by Crippen LogP contribution is -1.96. The third kappa shape index (κ3) is 1.59. The van der Waals surface area contributed by atoms with Crippen LogP contribution in [0, 0.1) is 0 Å². The van der Waals surface area contributed by atoms with E-state index in [-0.39, 0.29) is 0 Å². The number of nitrogens with zero attached hydrogens (tertiary/aromatic N) is 3. The maximum absolute atomic E-state index is 4.46. The van der Waals surface area contributed by atoms with E-state index in [9.17, 15) is 0 Å². The van der Waals surface area contributed by atoms with E-state index >= 15 is 0 Å². The van der Waals surface area contributed by atoms with Gasteiger partial charge in [0.05, 0.1) is 0 Å². The van der Waals surface area contributed by atoms with Crippen LogP contribution in [0.2, 0.25) is 0 Å². The highest BCUT2D eigenvalue weighted by atomic mass is 15.1. The smallest absolute Gasteiger partial charge is 0.138 e. The summed E-state index contributed by atoms with van der Waals surface area (Å²) in [6, 6.07) is 6.02. The Balaban J connectivity index is 2.41. The maximum Gasteiger partial charge on any atom is 0.138 e. The molecule has 0 radical (unpaired) electrons. The third-order valence-electron chi connectivity index (χ3n) is 1.92. The van der Waals surface area contributed by atoms with Crippen LogP contribution in [0.5, 0.6) is 0 Å². The van der Waals surface area contributed by atoms with Crippen molar-refractivity contribution in [2.75, 3.05) is 0 Å². The number of imidazole rings is 1. The van der Waals surface area contributed by atoms with Crippen molar-refractivity contribution in [1.29, 1.82) is 0 Å². The molecular weight excluding hydrogens is 162 g/mol. The molecule has 0 fully saturated rings. The fourth-order valence-electron chi connectivity index (χ4n) is 1.20. The minimum atomic E-state index is 0.928. The van der Waals surface area contributed by atoms with Crippen LogP contribution >= 0.6 is 0 Å². The van der Waals surface area contributed by atoms with Gasteiger partial charge in [-0.05, 0) is 18.6 Å². The minimum Gasteiger partial charge on any atom is -0.291 e. The molecule has 0 saturated heterocycles. The van der Waals surface area contributed by atoms with Gasteiger partial charge >= 0.3 is 0 Å². The molecule has 0 N–H and O–H groups in total. The molecule has 3 heteroatoms. The van der Waals surface area contributed by atoms with Crippen LogP contribution < -0.4 is 0 Å². The Labute approximate surface area is 77.1 Å². The summed E-state index contributed by atoms with van der Waals surface area (Å²) in [7, 11) is 0. The zero-order valence-corrected chi connectivity index (χ0v) is 7.51. The van der Waals surface area contributed by atoms with E-state index in [1.54, 1.807) is 12.5 Å². The van der Waals surface area contributed by atoms with E-state index in [4.69, 9.17) is 0 Å². The normalized spacial score (nSPS) is 10.2. The van der Waals surface area contributed by atoms with Crippen LogP contribution in [0.3, 0.4) is 0 Å². The summed E-state index contributed by atoms with van der Waals surface area (Å²) in [6.45, 7) is 2.10. The summed E-state index contributed by atoms with van der Waals surface area (Å²) in [5.74, 6) is 0.928. The Morgan fingerprint density at radius 2 is 2.31 bits per heavy atom.